The molecule has 1 aliphatic heterocycles. The number of carbonyl (C=O) groups excluding carboxylic acids is 2. The van der Waals surface area contributed by atoms with E-state index in [1.807, 2.05) is 6.07 Å². The highest BCUT2D eigenvalue weighted by molar-refractivity contribution is 7.89. The van der Waals surface area contributed by atoms with E-state index in [0.29, 0.717) is 24.3 Å². The van der Waals surface area contributed by atoms with Crippen LogP contribution in [0.3, 0.4) is 0 Å². The molecule has 9 nitrogen and oxygen atoms in total. The molecule has 10 heteroatoms. The van der Waals surface area contributed by atoms with Gasteiger partial charge in [0.25, 0.3) is 5.91 Å². The fraction of sp³-hybridized carbons (Fsp3) is 0.250. The number of aromatic nitrogens is 2. The zero-order valence-electron chi connectivity index (χ0n) is 16.3. The summed E-state index contributed by atoms with van der Waals surface area (Å²) in [7, 11) is -3.68. The van der Waals surface area contributed by atoms with Crippen molar-refractivity contribution < 1.29 is 18.0 Å². The molecule has 30 heavy (non-hydrogen) atoms. The number of benzene rings is 2. The van der Waals surface area contributed by atoms with Crippen molar-refractivity contribution in [1.29, 1.82) is 0 Å². The minimum absolute atomic E-state index is 0.0608. The van der Waals surface area contributed by atoms with Crippen LogP contribution in [0.2, 0.25) is 0 Å². The van der Waals surface area contributed by atoms with Crippen LogP contribution in [0.25, 0.3) is 10.9 Å². The summed E-state index contributed by atoms with van der Waals surface area (Å²) in [6.07, 6.45) is 1.67. The highest BCUT2D eigenvalue weighted by atomic mass is 32.2. The van der Waals surface area contributed by atoms with Gasteiger partial charge in [0.15, 0.2) is 0 Å². The van der Waals surface area contributed by atoms with E-state index in [0.717, 1.165) is 10.9 Å². The Hall–Kier alpha value is -3.24. The first-order valence-electron chi connectivity index (χ1n) is 9.45. The molecule has 3 aromatic rings. The Labute approximate surface area is 173 Å². The molecule has 1 aliphatic rings. The first kappa shape index (κ1) is 20.0. The maximum Gasteiger partial charge on any atom is 0.255 e. The summed E-state index contributed by atoms with van der Waals surface area (Å²) >= 11 is 0. The number of hydrogen-bond acceptors (Lipinski definition) is 5. The van der Waals surface area contributed by atoms with Crippen LogP contribution in [0.4, 0.5) is 5.69 Å². The highest BCUT2D eigenvalue weighted by Crippen LogP contribution is 2.20. The Morgan fingerprint density at radius 2 is 1.73 bits per heavy atom. The minimum Gasteiger partial charge on any atom is -0.340 e. The van der Waals surface area contributed by atoms with Gasteiger partial charge in [0.1, 0.15) is 0 Å². The number of amides is 2. The number of sulfonamides is 1. The van der Waals surface area contributed by atoms with Crippen molar-refractivity contribution in [3.63, 3.8) is 0 Å². The molecule has 0 spiro atoms. The number of nitrogens with one attached hydrogen (secondary N) is 2. The van der Waals surface area contributed by atoms with Crippen molar-refractivity contribution in [1.82, 2.24) is 19.4 Å². The van der Waals surface area contributed by atoms with Crippen LogP contribution in [-0.2, 0) is 14.8 Å². The molecule has 0 aliphatic carbocycles. The third-order valence-corrected chi connectivity index (χ3v) is 7.05. The number of nitrogens with zero attached hydrogens (tertiary/aromatic N) is 3. The predicted octanol–water partition coefficient (Wildman–Crippen LogP) is 1.67. The second-order valence-corrected chi connectivity index (χ2v) is 9.00. The van der Waals surface area contributed by atoms with Gasteiger partial charge < -0.3 is 10.2 Å². The van der Waals surface area contributed by atoms with E-state index in [9.17, 15) is 18.0 Å². The van der Waals surface area contributed by atoms with E-state index in [1.54, 1.807) is 23.2 Å². The summed E-state index contributed by atoms with van der Waals surface area (Å²) in [5.74, 6) is -0.397. The average Bonchev–Trinajstić information content (AvgIpc) is 3.22. The van der Waals surface area contributed by atoms with Gasteiger partial charge in [-0.15, -0.1) is 0 Å². The quantitative estimate of drug-likeness (QED) is 0.657. The number of H-pyrrole nitrogens is 1. The molecule has 0 radical (unpaired) electrons. The third-order valence-electron chi connectivity index (χ3n) is 5.14. The van der Waals surface area contributed by atoms with Crippen molar-refractivity contribution in [3.8, 4) is 0 Å². The van der Waals surface area contributed by atoms with E-state index in [2.05, 4.69) is 15.5 Å². The average molecular weight is 427 g/mol. The molecular weight excluding hydrogens is 406 g/mol. The molecule has 0 bridgehead atoms. The standard InChI is InChI=1S/C20H21N5O4S/c1-14(26)24-8-10-25(11-9-24)30(28,29)18-5-2-15(3-6-18)20(27)22-17-4-7-19-16(12-17)13-21-23-19/h2-7,12-13H,8-11H2,1H3,(H,21,23)(H,22,27). The predicted molar refractivity (Wildman–Crippen MR) is 112 cm³/mol. The van der Waals surface area contributed by atoms with Gasteiger partial charge in [0.2, 0.25) is 15.9 Å². The molecule has 2 N–H and O–H groups in total. The fourth-order valence-electron chi connectivity index (χ4n) is 3.39. The third kappa shape index (κ3) is 3.91. The van der Waals surface area contributed by atoms with Crippen molar-refractivity contribution in [3.05, 3.63) is 54.2 Å². The molecule has 0 atom stereocenters. The van der Waals surface area contributed by atoms with Crippen LogP contribution in [0.1, 0.15) is 17.3 Å². The van der Waals surface area contributed by atoms with Gasteiger partial charge in [-0.05, 0) is 42.5 Å². The SMILES string of the molecule is CC(=O)N1CCN(S(=O)(=O)c2ccc(C(=O)Nc3ccc4[nH]ncc4c3)cc2)CC1. The highest BCUT2D eigenvalue weighted by Gasteiger charge is 2.29. The van der Waals surface area contributed by atoms with Crippen LogP contribution in [0.15, 0.2) is 53.6 Å². The zero-order chi connectivity index (χ0) is 21.3. The van der Waals surface area contributed by atoms with Crippen LogP contribution in [-0.4, -0.2) is 65.8 Å². The van der Waals surface area contributed by atoms with Crippen LogP contribution >= 0.6 is 0 Å². The van der Waals surface area contributed by atoms with E-state index in [1.165, 1.54) is 35.5 Å². The van der Waals surface area contributed by atoms with Crippen molar-refractivity contribution in [2.45, 2.75) is 11.8 Å². The number of anilines is 1. The number of piperazine rings is 1. The fourth-order valence-corrected chi connectivity index (χ4v) is 4.82. The summed E-state index contributed by atoms with van der Waals surface area (Å²) in [5, 5.41) is 10.5. The molecule has 0 unspecified atom stereocenters. The summed E-state index contributed by atoms with van der Waals surface area (Å²) in [6.45, 7) is 2.72. The van der Waals surface area contributed by atoms with Crippen LogP contribution in [0.5, 0.6) is 0 Å². The molecular formula is C20H21N5O4S. The Kier molecular flexibility index (Phi) is 5.27. The summed E-state index contributed by atoms with van der Waals surface area (Å²) in [6, 6.07) is 11.2. The maximum atomic E-state index is 12.8. The first-order valence-corrected chi connectivity index (χ1v) is 10.9. The normalized spacial score (nSPS) is 15.3. The Morgan fingerprint density at radius 3 is 2.40 bits per heavy atom. The van der Waals surface area contributed by atoms with Gasteiger partial charge in [0, 0.05) is 49.7 Å². The number of carbonyl (C=O) groups is 2. The van der Waals surface area contributed by atoms with E-state index >= 15 is 0 Å². The second-order valence-electron chi connectivity index (χ2n) is 7.06. The molecule has 1 saturated heterocycles. The van der Waals surface area contributed by atoms with Crippen LogP contribution in [0, 0.1) is 0 Å². The first-order chi connectivity index (χ1) is 14.3. The largest absolute Gasteiger partial charge is 0.340 e. The number of rotatable bonds is 4. The van der Waals surface area contributed by atoms with Crippen molar-refractivity contribution in [2.75, 3.05) is 31.5 Å². The molecule has 1 fully saturated rings. The van der Waals surface area contributed by atoms with Crippen molar-refractivity contribution in [2.24, 2.45) is 0 Å². The molecule has 2 aromatic carbocycles. The molecule has 2 amide bonds. The van der Waals surface area contributed by atoms with Crippen LogP contribution < -0.4 is 5.32 Å². The van der Waals surface area contributed by atoms with Gasteiger partial charge in [0.05, 0.1) is 16.6 Å². The monoisotopic (exact) mass is 427 g/mol. The van der Waals surface area contributed by atoms with Gasteiger partial charge >= 0.3 is 0 Å². The van der Waals surface area contributed by atoms with Gasteiger partial charge in [-0.3, -0.25) is 14.7 Å². The van der Waals surface area contributed by atoms with E-state index < -0.39 is 10.0 Å². The number of hydrogen-bond donors (Lipinski definition) is 2. The zero-order valence-corrected chi connectivity index (χ0v) is 17.1. The minimum atomic E-state index is -3.68. The van der Waals surface area contributed by atoms with E-state index in [4.69, 9.17) is 0 Å². The molecule has 2 heterocycles. The summed E-state index contributed by atoms with van der Waals surface area (Å²) in [4.78, 5) is 25.7. The van der Waals surface area contributed by atoms with Gasteiger partial charge in [-0.1, -0.05) is 0 Å². The lowest BCUT2D eigenvalue weighted by atomic mass is 10.2. The molecule has 0 saturated carbocycles. The number of aromatic amines is 1. The molecule has 4 rings (SSSR count). The summed E-state index contributed by atoms with van der Waals surface area (Å²) < 4.78 is 27.1. The lowest BCUT2D eigenvalue weighted by Crippen LogP contribution is -2.49. The lowest BCUT2D eigenvalue weighted by Gasteiger charge is -2.33. The van der Waals surface area contributed by atoms with Gasteiger partial charge in [-0.25, -0.2) is 8.42 Å². The lowest BCUT2D eigenvalue weighted by molar-refractivity contribution is -0.129. The summed E-state index contributed by atoms with van der Waals surface area (Å²) in [5.41, 5.74) is 1.84. The molecule has 156 valence electrons. The smallest absolute Gasteiger partial charge is 0.255 e. The van der Waals surface area contributed by atoms with Gasteiger partial charge in [-0.2, -0.15) is 9.40 Å². The Morgan fingerprint density at radius 1 is 1.03 bits per heavy atom. The maximum absolute atomic E-state index is 12.8. The Bertz CT molecular complexity index is 1200. The van der Waals surface area contributed by atoms with Crippen molar-refractivity contribution >= 4 is 38.4 Å². The number of fused-ring (bicyclic) bond motifs is 1. The second kappa shape index (κ2) is 7.88. The molecule has 1 aromatic heterocycles. The van der Waals surface area contributed by atoms with E-state index in [-0.39, 0.29) is 29.8 Å². The Balaban J connectivity index is 1.45. The topological polar surface area (TPSA) is 115 Å².